The third kappa shape index (κ3) is 5.08. The van der Waals surface area contributed by atoms with E-state index in [1.807, 2.05) is 29.2 Å². The van der Waals surface area contributed by atoms with E-state index in [0.717, 1.165) is 18.5 Å². The van der Waals surface area contributed by atoms with E-state index < -0.39 is 0 Å². The van der Waals surface area contributed by atoms with E-state index in [-0.39, 0.29) is 29.1 Å². The summed E-state index contributed by atoms with van der Waals surface area (Å²) in [5.41, 5.74) is 7.38. The van der Waals surface area contributed by atoms with Crippen LogP contribution in [0.25, 0.3) is 11.4 Å². The van der Waals surface area contributed by atoms with Crippen molar-refractivity contribution in [2.24, 2.45) is 16.6 Å². The fourth-order valence-electron chi connectivity index (χ4n) is 3.24. The Morgan fingerprint density at radius 3 is 2.74 bits per heavy atom. The number of halogens is 1. The molecule has 1 aliphatic heterocycles. The number of benzene rings is 1. The van der Waals surface area contributed by atoms with Gasteiger partial charge in [0.05, 0.1) is 0 Å². The van der Waals surface area contributed by atoms with Crippen molar-refractivity contribution in [2.75, 3.05) is 19.6 Å². The Bertz CT molecular complexity index is 799. The number of rotatable bonds is 4. The highest BCUT2D eigenvalue weighted by Gasteiger charge is 2.35. The molecule has 2 aromatic rings. The molecule has 27 heavy (non-hydrogen) atoms. The molecule has 1 saturated heterocycles. The quantitative estimate of drug-likeness (QED) is 0.859. The summed E-state index contributed by atoms with van der Waals surface area (Å²) in [6.07, 6.45) is 1.65. The van der Waals surface area contributed by atoms with Gasteiger partial charge in [0, 0.05) is 30.6 Å². The van der Waals surface area contributed by atoms with Crippen LogP contribution in [0.1, 0.15) is 50.4 Å². The van der Waals surface area contributed by atoms with Crippen molar-refractivity contribution in [2.45, 2.75) is 40.5 Å². The van der Waals surface area contributed by atoms with Crippen LogP contribution in [0, 0.1) is 10.8 Å². The van der Waals surface area contributed by atoms with Crippen LogP contribution in [0.5, 0.6) is 0 Å². The molecule has 2 heterocycles. The number of carbonyl (C=O) groups is 1. The molecule has 6 nitrogen and oxygen atoms in total. The minimum absolute atomic E-state index is 0. The van der Waals surface area contributed by atoms with E-state index in [0.29, 0.717) is 36.8 Å². The van der Waals surface area contributed by atoms with E-state index in [2.05, 4.69) is 37.8 Å². The zero-order valence-electron chi connectivity index (χ0n) is 16.5. The summed E-state index contributed by atoms with van der Waals surface area (Å²) < 4.78 is 5.37. The molecule has 2 N–H and O–H groups in total. The van der Waals surface area contributed by atoms with Gasteiger partial charge in [0.2, 0.25) is 11.7 Å². The van der Waals surface area contributed by atoms with Crippen molar-refractivity contribution < 1.29 is 9.32 Å². The Morgan fingerprint density at radius 2 is 2.11 bits per heavy atom. The Hall–Kier alpha value is -1.92. The minimum atomic E-state index is 0. The molecule has 7 heteroatoms. The van der Waals surface area contributed by atoms with E-state index in [1.165, 1.54) is 0 Å². The Morgan fingerprint density at radius 1 is 1.37 bits per heavy atom. The van der Waals surface area contributed by atoms with Gasteiger partial charge in [-0.25, -0.2) is 0 Å². The average Bonchev–Trinajstić information content (AvgIpc) is 3.20. The van der Waals surface area contributed by atoms with Gasteiger partial charge < -0.3 is 15.2 Å². The SMILES string of the molecule is CC(C)(C)Cc1nc(-c2cccc(C(=O)N3CCC(C)(CN)C3)c2)no1.Cl. The molecule has 1 aromatic carbocycles. The van der Waals surface area contributed by atoms with E-state index in [1.54, 1.807) is 0 Å². The van der Waals surface area contributed by atoms with Gasteiger partial charge in [-0.05, 0) is 35.9 Å². The number of aromatic nitrogens is 2. The number of hydrogen-bond donors (Lipinski definition) is 1. The average molecular weight is 393 g/mol. The van der Waals surface area contributed by atoms with Gasteiger partial charge in [0.1, 0.15) is 0 Å². The van der Waals surface area contributed by atoms with Crippen LogP contribution >= 0.6 is 12.4 Å². The predicted molar refractivity (Wildman–Crippen MR) is 108 cm³/mol. The van der Waals surface area contributed by atoms with Crippen molar-refractivity contribution >= 4 is 18.3 Å². The van der Waals surface area contributed by atoms with E-state index in [9.17, 15) is 4.79 Å². The predicted octanol–water partition coefficient (Wildman–Crippen LogP) is 3.56. The molecule has 1 amide bonds. The van der Waals surface area contributed by atoms with Crippen LogP contribution in [0.15, 0.2) is 28.8 Å². The molecule has 1 aromatic heterocycles. The van der Waals surface area contributed by atoms with Crippen LogP contribution in [0.2, 0.25) is 0 Å². The lowest BCUT2D eigenvalue weighted by atomic mass is 9.90. The van der Waals surface area contributed by atoms with Crippen LogP contribution in [0.3, 0.4) is 0 Å². The molecule has 0 saturated carbocycles. The standard InChI is InChI=1S/C20H28N4O2.ClH/c1-19(2,3)11-16-22-17(23-26-16)14-6-5-7-15(10-14)18(25)24-9-8-20(4,12-21)13-24;/h5-7,10H,8-9,11-13,21H2,1-4H3;1H. The highest BCUT2D eigenvalue weighted by atomic mass is 35.5. The Balaban J connectivity index is 0.00000261. The third-order valence-corrected chi connectivity index (χ3v) is 4.86. The number of likely N-dealkylation sites (tertiary alicyclic amines) is 1. The summed E-state index contributed by atoms with van der Waals surface area (Å²) in [6.45, 7) is 10.5. The molecule has 3 rings (SSSR count). The number of hydrogen-bond acceptors (Lipinski definition) is 5. The molecule has 1 unspecified atom stereocenters. The first-order valence-electron chi connectivity index (χ1n) is 9.12. The maximum absolute atomic E-state index is 12.8. The maximum Gasteiger partial charge on any atom is 0.253 e. The van der Waals surface area contributed by atoms with Crippen LogP contribution < -0.4 is 5.73 Å². The van der Waals surface area contributed by atoms with Gasteiger partial charge in [-0.2, -0.15) is 4.98 Å². The first-order valence-corrected chi connectivity index (χ1v) is 9.12. The van der Waals surface area contributed by atoms with Gasteiger partial charge >= 0.3 is 0 Å². The van der Waals surface area contributed by atoms with Gasteiger partial charge in [0.25, 0.3) is 5.91 Å². The zero-order valence-corrected chi connectivity index (χ0v) is 17.3. The van der Waals surface area contributed by atoms with Gasteiger partial charge in [-0.3, -0.25) is 4.79 Å². The van der Waals surface area contributed by atoms with E-state index in [4.69, 9.17) is 10.3 Å². The van der Waals surface area contributed by atoms with Crippen molar-refractivity contribution in [3.63, 3.8) is 0 Å². The number of amides is 1. The highest BCUT2D eigenvalue weighted by Crippen LogP contribution is 2.30. The summed E-state index contributed by atoms with van der Waals surface area (Å²) in [4.78, 5) is 19.2. The smallest absolute Gasteiger partial charge is 0.253 e. The fraction of sp³-hybridized carbons (Fsp3) is 0.550. The van der Waals surface area contributed by atoms with Crippen molar-refractivity contribution in [3.8, 4) is 11.4 Å². The molecule has 1 atom stereocenters. The highest BCUT2D eigenvalue weighted by molar-refractivity contribution is 5.95. The lowest BCUT2D eigenvalue weighted by Crippen LogP contribution is -2.34. The molecular weight excluding hydrogens is 364 g/mol. The minimum Gasteiger partial charge on any atom is -0.339 e. The molecule has 0 radical (unpaired) electrons. The molecule has 0 spiro atoms. The van der Waals surface area contributed by atoms with Crippen LogP contribution in [-0.4, -0.2) is 40.6 Å². The second kappa shape index (κ2) is 7.98. The first-order chi connectivity index (χ1) is 12.2. The van der Waals surface area contributed by atoms with Crippen molar-refractivity contribution in [1.29, 1.82) is 0 Å². The summed E-state index contributed by atoms with van der Waals surface area (Å²) in [5, 5.41) is 4.08. The lowest BCUT2D eigenvalue weighted by Gasteiger charge is -2.22. The zero-order chi connectivity index (χ0) is 18.9. The summed E-state index contributed by atoms with van der Waals surface area (Å²) in [5.74, 6) is 1.16. The topological polar surface area (TPSA) is 85.2 Å². The summed E-state index contributed by atoms with van der Waals surface area (Å²) in [6, 6.07) is 7.43. The summed E-state index contributed by atoms with van der Waals surface area (Å²) in [7, 11) is 0. The van der Waals surface area contributed by atoms with E-state index >= 15 is 0 Å². The molecule has 1 aliphatic rings. The largest absolute Gasteiger partial charge is 0.339 e. The molecule has 148 valence electrons. The monoisotopic (exact) mass is 392 g/mol. The van der Waals surface area contributed by atoms with Crippen molar-refractivity contribution in [3.05, 3.63) is 35.7 Å². The van der Waals surface area contributed by atoms with Crippen LogP contribution in [-0.2, 0) is 6.42 Å². The van der Waals surface area contributed by atoms with Gasteiger partial charge in [-0.15, -0.1) is 12.4 Å². The maximum atomic E-state index is 12.8. The Labute approximate surface area is 166 Å². The van der Waals surface area contributed by atoms with Gasteiger partial charge in [0.15, 0.2) is 0 Å². The molecule has 1 fully saturated rings. The number of carbonyl (C=O) groups excluding carboxylic acids is 1. The second-order valence-electron chi connectivity index (χ2n) is 8.82. The van der Waals surface area contributed by atoms with Gasteiger partial charge in [-0.1, -0.05) is 45.0 Å². The number of nitrogens with two attached hydrogens (primary N) is 1. The summed E-state index contributed by atoms with van der Waals surface area (Å²) >= 11 is 0. The first kappa shape index (κ1) is 21.4. The fourth-order valence-corrected chi connectivity index (χ4v) is 3.24. The third-order valence-electron chi connectivity index (χ3n) is 4.86. The molecule has 0 bridgehead atoms. The van der Waals surface area contributed by atoms with Crippen molar-refractivity contribution in [1.82, 2.24) is 15.0 Å². The molecule has 0 aliphatic carbocycles. The second-order valence-corrected chi connectivity index (χ2v) is 8.82. The number of nitrogens with zero attached hydrogens (tertiary/aromatic N) is 3. The lowest BCUT2D eigenvalue weighted by molar-refractivity contribution is 0.0777. The molecular formula is C20H29ClN4O2. The normalized spacial score (nSPS) is 19.8. The van der Waals surface area contributed by atoms with Crippen LogP contribution in [0.4, 0.5) is 0 Å². The Kier molecular flexibility index (Phi) is 6.32.